The van der Waals surface area contributed by atoms with Gasteiger partial charge in [0, 0.05) is 5.75 Å². The number of halogens is 3. The van der Waals surface area contributed by atoms with Gasteiger partial charge >= 0.3 is 5.97 Å². The van der Waals surface area contributed by atoms with Crippen molar-refractivity contribution >= 4 is 64.1 Å². The van der Waals surface area contributed by atoms with Gasteiger partial charge in [0.05, 0.1) is 33.6 Å². The second kappa shape index (κ2) is 8.70. The number of amides is 1. The van der Waals surface area contributed by atoms with Crippen molar-refractivity contribution in [2.24, 2.45) is 5.73 Å². The molecular formula is C12H13Cl3N2O3S. The van der Waals surface area contributed by atoms with Crippen molar-refractivity contribution in [3.63, 3.8) is 0 Å². The molecule has 116 valence electrons. The maximum absolute atomic E-state index is 11.8. The molecule has 5 nitrogen and oxygen atoms in total. The van der Waals surface area contributed by atoms with Crippen LogP contribution in [0.3, 0.4) is 0 Å². The van der Waals surface area contributed by atoms with E-state index in [1.807, 2.05) is 0 Å². The highest BCUT2D eigenvalue weighted by Gasteiger charge is 2.15. The molecule has 0 fully saturated rings. The second-order valence-corrected chi connectivity index (χ2v) is 6.19. The zero-order valence-corrected chi connectivity index (χ0v) is 14.1. The zero-order valence-electron chi connectivity index (χ0n) is 11.0. The average molecular weight is 372 g/mol. The van der Waals surface area contributed by atoms with Crippen LogP contribution in [0.1, 0.15) is 0 Å². The third-order valence-electron chi connectivity index (χ3n) is 2.32. The summed E-state index contributed by atoms with van der Waals surface area (Å²) in [4.78, 5) is 22.8. The predicted octanol–water partition coefficient (Wildman–Crippen LogP) is 2.82. The van der Waals surface area contributed by atoms with Gasteiger partial charge in [-0.1, -0.05) is 34.8 Å². The Kier molecular flexibility index (Phi) is 7.62. The van der Waals surface area contributed by atoms with Gasteiger partial charge in [0.15, 0.2) is 0 Å². The maximum atomic E-state index is 11.8. The standard InChI is InChI=1S/C12H13Cl3N2O3S/c1-20-12(19)9(16)4-21-5-11(18)17-10-3-7(14)6(13)2-8(10)15/h2-3,9H,4-5,16H2,1H3,(H,17,18). The Balaban J connectivity index is 2.48. The number of anilines is 1. The van der Waals surface area contributed by atoms with Gasteiger partial charge in [-0.05, 0) is 12.1 Å². The van der Waals surface area contributed by atoms with Crippen LogP contribution in [0, 0.1) is 0 Å². The van der Waals surface area contributed by atoms with E-state index in [0.29, 0.717) is 10.7 Å². The van der Waals surface area contributed by atoms with Crippen LogP contribution in [-0.4, -0.2) is 36.5 Å². The Morgan fingerprint density at radius 2 is 1.90 bits per heavy atom. The minimum absolute atomic E-state index is 0.112. The average Bonchev–Trinajstić information content (AvgIpc) is 2.43. The van der Waals surface area contributed by atoms with E-state index in [0.717, 1.165) is 0 Å². The molecule has 1 atom stereocenters. The van der Waals surface area contributed by atoms with Crippen molar-refractivity contribution < 1.29 is 14.3 Å². The van der Waals surface area contributed by atoms with Gasteiger partial charge in [-0.2, -0.15) is 0 Å². The number of carbonyl (C=O) groups excluding carboxylic acids is 2. The lowest BCUT2D eigenvalue weighted by atomic mass is 10.3. The first-order valence-corrected chi connectivity index (χ1v) is 7.99. The predicted molar refractivity (Wildman–Crippen MR) is 87.4 cm³/mol. The smallest absolute Gasteiger partial charge is 0.323 e. The van der Waals surface area contributed by atoms with E-state index in [4.69, 9.17) is 40.5 Å². The SMILES string of the molecule is COC(=O)C(N)CSCC(=O)Nc1cc(Cl)c(Cl)cc1Cl. The molecule has 1 aromatic rings. The van der Waals surface area contributed by atoms with E-state index in [1.165, 1.54) is 31.0 Å². The van der Waals surface area contributed by atoms with Gasteiger partial charge in [-0.15, -0.1) is 11.8 Å². The highest BCUT2D eigenvalue weighted by Crippen LogP contribution is 2.32. The van der Waals surface area contributed by atoms with Crippen molar-refractivity contribution in [3.05, 3.63) is 27.2 Å². The third kappa shape index (κ3) is 5.92. The molecule has 3 N–H and O–H groups in total. The molecule has 1 aromatic carbocycles. The summed E-state index contributed by atoms with van der Waals surface area (Å²) < 4.78 is 4.48. The first-order chi connectivity index (χ1) is 9.85. The first-order valence-electron chi connectivity index (χ1n) is 5.70. The summed E-state index contributed by atoms with van der Waals surface area (Å²) in [6.45, 7) is 0. The fourth-order valence-electron chi connectivity index (χ4n) is 1.30. The molecule has 1 amide bonds. The largest absolute Gasteiger partial charge is 0.468 e. The van der Waals surface area contributed by atoms with E-state index in [-0.39, 0.29) is 27.5 Å². The molecule has 0 heterocycles. The molecule has 0 radical (unpaired) electrons. The van der Waals surface area contributed by atoms with Crippen LogP contribution in [0.2, 0.25) is 15.1 Å². The van der Waals surface area contributed by atoms with E-state index in [9.17, 15) is 9.59 Å². The molecule has 0 aliphatic carbocycles. The summed E-state index contributed by atoms with van der Waals surface area (Å²) in [6.07, 6.45) is 0. The molecule has 0 bridgehead atoms. The van der Waals surface area contributed by atoms with E-state index in [2.05, 4.69) is 10.1 Å². The summed E-state index contributed by atoms with van der Waals surface area (Å²) in [5.41, 5.74) is 5.92. The number of nitrogens with one attached hydrogen (secondary N) is 1. The molecule has 0 aromatic heterocycles. The third-order valence-corrected chi connectivity index (χ3v) is 4.41. The van der Waals surface area contributed by atoms with Crippen LogP contribution < -0.4 is 11.1 Å². The monoisotopic (exact) mass is 370 g/mol. The van der Waals surface area contributed by atoms with Crippen LogP contribution in [-0.2, 0) is 14.3 Å². The highest BCUT2D eigenvalue weighted by molar-refractivity contribution is 8.00. The Hall–Kier alpha value is -0.660. The van der Waals surface area contributed by atoms with E-state index < -0.39 is 12.0 Å². The van der Waals surface area contributed by atoms with Gasteiger partial charge in [0.25, 0.3) is 0 Å². The number of nitrogens with two attached hydrogens (primary N) is 1. The number of hydrogen-bond acceptors (Lipinski definition) is 5. The van der Waals surface area contributed by atoms with E-state index >= 15 is 0 Å². The molecule has 1 rings (SSSR count). The van der Waals surface area contributed by atoms with Gasteiger partial charge in [0.2, 0.25) is 5.91 Å². The van der Waals surface area contributed by atoms with Crippen LogP contribution in [0.5, 0.6) is 0 Å². The van der Waals surface area contributed by atoms with Crippen LogP contribution >= 0.6 is 46.6 Å². The van der Waals surface area contributed by atoms with Crippen molar-refractivity contribution in [1.29, 1.82) is 0 Å². The summed E-state index contributed by atoms with van der Waals surface area (Å²) >= 11 is 18.8. The van der Waals surface area contributed by atoms with Crippen LogP contribution in [0.15, 0.2) is 12.1 Å². The van der Waals surface area contributed by atoms with Gasteiger partial charge in [0.1, 0.15) is 6.04 Å². The fraction of sp³-hybridized carbons (Fsp3) is 0.333. The van der Waals surface area contributed by atoms with Crippen LogP contribution in [0.4, 0.5) is 5.69 Å². The molecule has 0 aliphatic rings. The number of thioether (sulfide) groups is 1. The summed E-state index contributed by atoms with van der Waals surface area (Å²) in [6, 6.07) is 2.15. The Morgan fingerprint density at radius 3 is 2.52 bits per heavy atom. The fourth-order valence-corrected chi connectivity index (χ4v) is 2.66. The molecular weight excluding hydrogens is 359 g/mol. The van der Waals surface area contributed by atoms with E-state index in [1.54, 1.807) is 0 Å². The molecule has 1 unspecified atom stereocenters. The lowest BCUT2D eigenvalue weighted by molar-refractivity contribution is -0.141. The number of ether oxygens (including phenoxy) is 1. The number of carbonyl (C=O) groups is 2. The highest BCUT2D eigenvalue weighted by atomic mass is 35.5. The number of hydrogen-bond donors (Lipinski definition) is 2. The number of benzene rings is 1. The van der Waals surface area contributed by atoms with Gasteiger partial charge in [-0.25, -0.2) is 0 Å². The molecule has 0 spiro atoms. The zero-order chi connectivity index (χ0) is 16.0. The van der Waals surface area contributed by atoms with Crippen LogP contribution in [0.25, 0.3) is 0 Å². The van der Waals surface area contributed by atoms with Gasteiger partial charge < -0.3 is 15.8 Å². The van der Waals surface area contributed by atoms with Crippen molar-refractivity contribution in [2.45, 2.75) is 6.04 Å². The quantitative estimate of drug-likeness (QED) is 0.593. The van der Waals surface area contributed by atoms with Gasteiger partial charge in [-0.3, -0.25) is 9.59 Å². The molecule has 0 saturated carbocycles. The minimum Gasteiger partial charge on any atom is -0.468 e. The Bertz CT molecular complexity index is 543. The van der Waals surface area contributed by atoms with Crippen molar-refractivity contribution in [3.8, 4) is 0 Å². The first kappa shape index (κ1) is 18.4. The number of methoxy groups -OCH3 is 1. The maximum Gasteiger partial charge on any atom is 0.323 e. The molecule has 0 aliphatic heterocycles. The van der Waals surface area contributed by atoms with Crippen molar-refractivity contribution in [2.75, 3.05) is 23.9 Å². The summed E-state index contributed by atoms with van der Waals surface area (Å²) in [5, 5.41) is 3.48. The van der Waals surface area contributed by atoms with Crippen molar-refractivity contribution in [1.82, 2.24) is 0 Å². The number of esters is 1. The topological polar surface area (TPSA) is 81.4 Å². The molecule has 21 heavy (non-hydrogen) atoms. The minimum atomic E-state index is -0.763. The lowest BCUT2D eigenvalue weighted by Crippen LogP contribution is -2.34. The lowest BCUT2D eigenvalue weighted by Gasteiger charge is -2.10. The normalized spacial score (nSPS) is 11.9. The summed E-state index contributed by atoms with van der Waals surface area (Å²) in [5.74, 6) is -0.427. The molecule has 9 heteroatoms. The Morgan fingerprint density at radius 1 is 1.29 bits per heavy atom. The molecule has 0 saturated heterocycles. The Labute approximate surface area is 141 Å². The summed E-state index contributed by atoms with van der Waals surface area (Å²) in [7, 11) is 1.26. The number of rotatable bonds is 6. The second-order valence-electron chi connectivity index (χ2n) is 3.94.